The normalized spacial score (nSPS) is 15.8. The molecule has 0 spiro atoms. The van der Waals surface area contributed by atoms with Crippen molar-refractivity contribution >= 4 is 11.3 Å². The standard InChI is InChI=1S/C18H22FNS/c1-3-20-18(14-10-12(2)8-9-15(14)19)17-11-13-6-4-5-7-16(13)21-17/h8-11,18,20H,3-7H2,1-2H3. The summed E-state index contributed by atoms with van der Waals surface area (Å²) in [5.74, 6) is -0.113. The Kier molecular flexibility index (Phi) is 4.41. The Hall–Kier alpha value is -1.19. The van der Waals surface area contributed by atoms with Crippen molar-refractivity contribution in [3.63, 3.8) is 0 Å². The van der Waals surface area contributed by atoms with Crippen molar-refractivity contribution in [2.45, 2.75) is 45.6 Å². The third kappa shape index (κ3) is 3.04. The molecule has 2 aromatic rings. The highest BCUT2D eigenvalue weighted by atomic mass is 32.1. The first-order valence-corrected chi connectivity index (χ1v) is 8.61. The summed E-state index contributed by atoms with van der Waals surface area (Å²) in [5, 5.41) is 3.46. The smallest absolute Gasteiger partial charge is 0.128 e. The molecule has 21 heavy (non-hydrogen) atoms. The predicted molar refractivity (Wildman–Crippen MR) is 87.6 cm³/mol. The summed E-state index contributed by atoms with van der Waals surface area (Å²) in [5.41, 5.74) is 3.36. The fourth-order valence-corrected chi connectivity index (χ4v) is 4.46. The number of halogens is 1. The number of nitrogens with one attached hydrogen (secondary N) is 1. The summed E-state index contributed by atoms with van der Waals surface area (Å²) in [6.45, 7) is 4.93. The van der Waals surface area contributed by atoms with E-state index in [9.17, 15) is 4.39 Å². The van der Waals surface area contributed by atoms with Crippen molar-refractivity contribution in [2.75, 3.05) is 6.54 Å². The van der Waals surface area contributed by atoms with E-state index in [0.717, 1.165) is 17.7 Å². The van der Waals surface area contributed by atoms with Gasteiger partial charge < -0.3 is 5.32 Å². The second-order valence-corrected chi connectivity index (χ2v) is 6.99. The first-order chi connectivity index (χ1) is 10.2. The van der Waals surface area contributed by atoms with Gasteiger partial charge >= 0.3 is 0 Å². The number of hydrogen-bond acceptors (Lipinski definition) is 2. The minimum atomic E-state index is -0.113. The summed E-state index contributed by atoms with van der Waals surface area (Å²) in [6, 6.07) is 7.67. The summed E-state index contributed by atoms with van der Waals surface area (Å²) < 4.78 is 14.3. The average Bonchev–Trinajstić information content (AvgIpc) is 2.91. The van der Waals surface area contributed by atoms with E-state index in [1.165, 1.54) is 41.0 Å². The third-order valence-electron chi connectivity index (χ3n) is 4.17. The molecule has 1 aliphatic rings. The summed E-state index contributed by atoms with van der Waals surface area (Å²) in [4.78, 5) is 2.76. The third-order valence-corrected chi connectivity index (χ3v) is 5.47. The van der Waals surface area contributed by atoms with Gasteiger partial charge in [0.15, 0.2) is 0 Å². The largest absolute Gasteiger partial charge is 0.306 e. The summed E-state index contributed by atoms with van der Waals surface area (Å²) in [7, 11) is 0. The Morgan fingerprint density at radius 2 is 2.05 bits per heavy atom. The van der Waals surface area contributed by atoms with Gasteiger partial charge in [0.05, 0.1) is 6.04 Å². The van der Waals surface area contributed by atoms with Gasteiger partial charge in [0, 0.05) is 15.3 Å². The van der Waals surface area contributed by atoms with Crippen molar-refractivity contribution < 1.29 is 4.39 Å². The van der Waals surface area contributed by atoms with Gasteiger partial charge in [-0.15, -0.1) is 11.3 Å². The summed E-state index contributed by atoms with van der Waals surface area (Å²) >= 11 is 1.86. The van der Waals surface area contributed by atoms with Crippen molar-refractivity contribution in [1.29, 1.82) is 0 Å². The average molecular weight is 303 g/mol. The Morgan fingerprint density at radius 3 is 2.81 bits per heavy atom. The molecule has 112 valence electrons. The van der Waals surface area contributed by atoms with Gasteiger partial charge in [-0.3, -0.25) is 0 Å². The zero-order chi connectivity index (χ0) is 14.8. The van der Waals surface area contributed by atoms with Crippen LogP contribution in [0.1, 0.15) is 52.3 Å². The monoisotopic (exact) mass is 303 g/mol. The SMILES string of the molecule is CCNC(c1cc2c(s1)CCCC2)c1cc(C)ccc1F. The predicted octanol–water partition coefficient (Wildman–Crippen LogP) is 4.77. The Balaban J connectivity index is 2.01. The van der Waals surface area contributed by atoms with E-state index in [-0.39, 0.29) is 11.9 Å². The van der Waals surface area contributed by atoms with Crippen LogP contribution in [0.3, 0.4) is 0 Å². The molecule has 3 heteroatoms. The van der Waals surface area contributed by atoms with Crippen LogP contribution in [-0.4, -0.2) is 6.54 Å². The van der Waals surface area contributed by atoms with E-state index in [4.69, 9.17) is 0 Å². The molecule has 0 aliphatic heterocycles. The maximum Gasteiger partial charge on any atom is 0.128 e. The number of rotatable bonds is 4. The lowest BCUT2D eigenvalue weighted by atomic mass is 9.97. The number of hydrogen-bond donors (Lipinski definition) is 1. The lowest BCUT2D eigenvalue weighted by Gasteiger charge is -2.18. The van der Waals surface area contributed by atoms with E-state index in [2.05, 4.69) is 18.3 Å². The number of thiophene rings is 1. The van der Waals surface area contributed by atoms with E-state index in [1.807, 2.05) is 30.4 Å². The van der Waals surface area contributed by atoms with Crippen molar-refractivity contribution in [1.82, 2.24) is 5.32 Å². The van der Waals surface area contributed by atoms with E-state index in [1.54, 1.807) is 6.07 Å². The van der Waals surface area contributed by atoms with Crippen LogP contribution in [0.4, 0.5) is 4.39 Å². The van der Waals surface area contributed by atoms with Gasteiger partial charge in [-0.1, -0.05) is 24.6 Å². The molecule has 3 rings (SSSR count). The molecular formula is C18H22FNS. The minimum absolute atomic E-state index is 0.0227. The molecule has 1 aromatic carbocycles. The van der Waals surface area contributed by atoms with Crippen molar-refractivity contribution in [2.24, 2.45) is 0 Å². The zero-order valence-electron chi connectivity index (χ0n) is 12.7. The van der Waals surface area contributed by atoms with E-state index in [0.29, 0.717) is 0 Å². The number of fused-ring (bicyclic) bond motifs is 1. The Labute approximate surface area is 130 Å². The van der Waals surface area contributed by atoms with Crippen molar-refractivity contribution in [3.8, 4) is 0 Å². The first-order valence-electron chi connectivity index (χ1n) is 7.80. The second kappa shape index (κ2) is 6.29. The minimum Gasteiger partial charge on any atom is -0.306 e. The van der Waals surface area contributed by atoms with E-state index < -0.39 is 0 Å². The van der Waals surface area contributed by atoms with E-state index >= 15 is 0 Å². The van der Waals surface area contributed by atoms with Gasteiger partial charge in [-0.2, -0.15) is 0 Å². The van der Waals surface area contributed by atoms with Gasteiger partial charge in [-0.25, -0.2) is 4.39 Å². The van der Waals surface area contributed by atoms with Crippen LogP contribution < -0.4 is 5.32 Å². The highest BCUT2D eigenvalue weighted by molar-refractivity contribution is 7.12. The maximum atomic E-state index is 14.3. The van der Waals surface area contributed by atoms with Gasteiger partial charge in [-0.05, 0) is 56.8 Å². The second-order valence-electron chi connectivity index (χ2n) is 5.82. The quantitative estimate of drug-likeness (QED) is 0.857. The van der Waals surface area contributed by atoms with Crippen molar-refractivity contribution in [3.05, 3.63) is 56.5 Å². The molecular weight excluding hydrogens is 281 g/mol. The number of benzene rings is 1. The van der Waals surface area contributed by atoms with Crippen LogP contribution >= 0.6 is 11.3 Å². The molecule has 1 atom stereocenters. The Morgan fingerprint density at radius 1 is 1.24 bits per heavy atom. The molecule has 1 N–H and O–H groups in total. The molecule has 0 amide bonds. The number of aryl methyl sites for hydroxylation is 3. The van der Waals surface area contributed by atoms with Gasteiger partial charge in [0.1, 0.15) is 5.82 Å². The van der Waals surface area contributed by atoms with Crippen LogP contribution in [0.25, 0.3) is 0 Å². The molecule has 1 aromatic heterocycles. The van der Waals surface area contributed by atoms with Crippen LogP contribution in [-0.2, 0) is 12.8 Å². The molecule has 1 heterocycles. The molecule has 0 saturated heterocycles. The molecule has 1 aliphatic carbocycles. The van der Waals surface area contributed by atoms with Gasteiger partial charge in [0.25, 0.3) is 0 Å². The lowest BCUT2D eigenvalue weighted by Crippen LogP contribution is -2.22. The Bertz CT molecular complexity index is 609. The molecule has 0 bridgehead atoms. The maximum absolute atomic E-state index is 14.3. The molecule has 1 unspecified atom stereocenters. The zero-order valence-corrected chi connectivity index (χ0v) is 13.5. The highest BCUT2D eigenvalue weighted by Crippen LogP contribution is 2.36. The van der Waals surface area contributed by atoms with Crippen LogP contribution in [0.2, 0.25) is 0 Å². The van der Waals surface area contributed by atoms with Crippen LogP contribution in [0, 0.1) is 12.7 Å². The highest BCUT2D eigenvalue weighted by Gasteiger charge is 2.22. The van der Waals surface area contributed by atoms with Crippen LogP contribution in [0.15, 0.2) is 24.3 Å². The molecule has 1 nitrogen and oxygen atoms in total. The van der Waals surface area contributed by atoms with Crippen LogP contribution in [0.5, 0.6) is 0 Å². The molecule has 0 radical (unpaired) electrons. The fourth-order valence-electron chi connectivity index (χ4n) is 3.11. The lowest BCUT2D eigenvalue weighted by molar-refractivity contribution is 0.562. The molecule has 0 fully saturated rings. The summed E-state index contributed by atoms with van der Waals surface area (Å²) in [6.07, 6.45) is 4.95. The molecule has 0 saturated carbocycles. The fraction of sp³-hybridized carbons (Fsp3) is 0.444. The topological polar surface area (TPSA) is 12.0 Å². The van der Waals surface area contributed by atoms with Gasteiger partial charge in [0.2, 0.25) is 0 Å². The first kappa shape index (κ1) is 14.7.